The Morgan fingerprint density at radius 2 is 1.76 bits per heavy atom. The molecule has 162 valence electrons. The Balaban J connectivity index is 1.66. The number of hydrazone groups is 1. The first-order valence-corrected chi connectivity index (χ1v) is 11.1. The summed E-state index contributed by atoms with van der Waals surface area (Å²) in [6.45, 7) is 0. The van der Waals surface area contributed by atoms with E-state index in [2.05, 4.69) is 20.7 Å². The molecule has 3 heterocycles. The van der Waals surface area contributed by atoms with Crippen molar-refractivity contribution in [2.75, 3.05) is 0 Å². The molecule has 0 spiro atoms. The molecule has 33 heavy (non-hydrogen) atoms. The summed E-state index contributed by atoms with van der Waals surface area (Å²) in [5.41, 5.74) is 3.45. The second kappa shape index (κ2) is 8.81. The molecule has 0 fully saturated rings. The molecular weight excluding hydrogens is 460 g/mol. The lowest BCUT2D eigenvalue weighted by Crippen LogP contribution is -2.28. The zero-order chi connectivity index (χ0) is 22.8. The van der Waals surface area contributed by atoms with E-state index in [1.54, 1.807) is 54.7 Å². The molecule has 1 N–H and O–H groups in total. The van der Waals surface area contributed by atoms with E-state index in [-0.39, 0.29) is 11.2 Å². The molecule has 10 heteroatoms. The van der Waals surface area contributed by atoms with E-state index in [1.807, 2.05) is 23.6 Å². The normalized spacial score (nSPS) is 11.3. The number of rotatable bonds is 5. The van der Waals surface area contributed by atoms with Crippen molar-refractivity contribution in [3.63, 3.8) is 0 Å². The molecule has 3 aromatic heterocycles. The Morgan fingerprint density at radius 1 is 1.00 bits per heavy atom. The highest BCUT2D eigenvalue weighted by Gasteiger charge is 2.22. The maximum Gasteiger partial charge on any atom is 0.298 e. The lowest BCUT2D eigenvalue weighted by atomic mass is 10.2. The summed E-state index contributed by atoms with van der Waals surface area (Å²) in [6.07, 6.45) is 3.00. The van der Waals surface area contributed by atoms with Gasteiger partial charge in [-0.3, -0.25) is 9.59 Å². The van der Waals surface area contributed by atoms with Crippen LogP contribution in [0.15, 0.2) is 88.2 Å². The highest BCUT2D eigenvalue weighted by Crippen LogP contribution is 2.20. The minimum Gasteiger partial charge on any atom is -0.265 e. The number of aromatic nitrogens is 4. The third-order valence-electron chi connectivity index (χ3n) is 4.81. The molecule has 8 nitrogen and oxygen atoms in total. The van der Waals surface area contributed by atoms with Gasteiger partial charge >= 0.3 is 0 Å². The van der Waals surface area contributed by atoms with Crippen LogP contribution >= 0.6 is 22.9 Å². The van der Waals surface area contributed by atoms with E-state index >= 15 is 0 Å². The Bertz CT molecular complexity index is 1520. The van der Waals surface area contributed by atoms with Crippen molar-refractivity contribution < 1.29 is 4.79 Å². The highest BCUT2D eigenvalue weighted by atomic mass is 35.5. The number of fused-ring (bicyclic) bond motifs is 1. The number of hydrogen-bond donors (Lipinski definition) is 1. The largest absolute Gasteiger partial charge is 0.298 e. The van der Waals surface area contributed by atoms with Crippen LogP contribution in [0.2, 0.25) is 5.02 Å². The van der Waals surface area contributed by atoms with E-state index in [9.17, 15) is 9.59 Å². The van der Waals surface area contributed by atoms with Gasteiger partial charge in [-0.1, -0.05) is 35.9 Å². The van der Waals surface area contributed by atoms with Gasteiger partial charge in [0.2, 0.25) is 0 Å². The SMILES string of the molecule is O=C(N/N=C/c1cccs1)c1nn(-c2ccccc2)c(=O)c2c1cnn2-c1ccc(Cl)cc1. The van der Waals surface area contributed by atoms with Crippen LogP contribution < -0.4 is 11.0 Å². The molecular formula is C23H15ClN6O2S. The zero-order valence-corrected chi connectivity index (χ0v) is 18.5. The molecule has 5 rings (SSSR count). The summed E-state index contributed by atoms with van der Waals surface area (Å²) in [5, 5.41) is 15.5. The van der Waals surface area contributed by atoms with Crippen molar-refractivity contribution in [1.29, 1.82) is 0 Å². The molecule has 0 aliphatic carbocycles. The highest BCUT2D eigenvalue weighted by molar-refractivity contribution is 7.11. The van der Waals surface area contributed by atoms with Gasteiger partial charge in [-0.15, -0.1) is 11.3 Å². The van der Waals surface area contributed by atoms with Crippen molar-refractivity contribution in [2.45, 2.75) is 0 Å². The third-order valence-corrected chi connectivity index (χ3v) is 5.87. The number of nitrogens with one attached hydrogen (secondary N) is 1. The number of halogens is 1. The average Bonchev–Trinajstić information content (AvgIpc) is 3.51. The van der Waals surface area contributed by atoms with Crippen molar-refractivity contribution in [3.05, 3.63) is 104 Å². The smallest absolute Gasteiger partial charge is 0.265 e. The number of amides is 1. The fourth-order valence-corrected chi connectivity index (χ4v) is 4.00. The predicted molar refractivity (Wildman–Crippen MR) is 129 cm³/mol. The zero-order valence-electron chi connectivity index (χ0n) is 16.9. The number of carbonyl (C=O) groups excluding carboxylic acids is 1. The summed E-state index contributed by atoms with van der Waals surface area (Å²) in [6, 6.07) is 19.5. The predicted octanol–water partition coefficient (Wildman–Crippen LogP) is 4.05. The number of para-hydroxylation sites is 1. The van der Waals surface area contributed by atoms with Crippen molar-refractivity contribution in [1.82, 2.24) is 25.0 Å². The Hall–Kier alpha value is -4.08. The average molecular weight is 475 g/mol. The number of hydrogen-bond acceptors (Lipinski definition) is 6. The monoisotopic (exact) mass is 474 g/mol. The standard InChI is InChI=1S/C23H15ClN6O2S/c24-15-8-10-17(11-9-15)29-21-19(14-26-29)20(22(31)27-25-13-18-7-4-12-33-18)28-30(23(21)32)16-5-2-1-3-6-16/h1-14H,(H,27,31)/b25-13+. The molecule has 0 atom stereocenters. The van der Waals surface area contributed by atoms with Gasteiger partial charge in [0.05, 0.1) is 29.2 Å². The summed E-state index contributed by atoms with van der Waals surface area (Å²) in [7, 11) is 0. The molecule has 0 aliphatic heterocycles. The van der Waals surface area contributed by atoms with Gasteiger partial charge in [-0.25, -0.2) is 10.1 Å². The van der Waals surface area contributed by atoms with Gasteiger partial charge in [0, 0.05) is 9.90 Å². The van der Waals surface area contributed by atoms with Gasteiger partial charge in [0.1, 0.15) is 5.52 Å². The van der Waals surface area contributed by atoms with Crippen molar-refractivity contribution in [2.24, 2.45) is 5.10 Å². The lowest BCUT2D eigenvalue weighted by Gasteiger charge is -2.09. The summed E-state index contributed by atoms with van der Waals surface area (Å²) >= 11 is 7.50. The first-order valence-electron chi connectivity index (χ1n) is 9.81. The van der Waals surface area contributed by atoms with Gasteiger partial charge in [-0.2, -0.15) is 20.0 Å². The number of nitrogens with zero attached hydrogens (tertiary/aromatic N) is 5. The van der Waals surface area contributed by atoms with E-state index in [1.165, 1.54) is 26.9 Å². The van der Waals surface area contributed by atoms with E-state index in [4.69, 9.17) is 11.6 Å². The fourth-order valence-electron chi connectivity index (χ4n) is 3.29. The van der Waals surface area contributed by atoms with Gasteiger partial charge in [0.25, 0.3) is 11.5 Å². The van der Waals surface area contributed by atoms with Gasteiger partial charge < -0.3 is 0 Å². The van der Waals surface area contributed by atoms with Crippen LogP contribution in [0.3, 0.4) is 0 Å². The summed E-state index contributed by atoms with van der Waals surface area (Å²) < 4.78 is 2.66. The molecule has 5 aromatic rings. The molecule has 0 saturated heterocycles. The van der Waals surface area contributed by atoms with Gasteiger partial charge in [-0.05, 0) is 47.8 Å². The molecule has 0 bridgehead atoms. The van der Waals surface area contributed by atoms with E-state index < -0.39 is 11.5 Å². The van der Waals surface area contributed by atoms with Crippen LogP contribution in [0.1, 0.15) is 15.4 Å². The maximum absolute atomic E-state index is 13.4. The van der Waals surface area contributed by atoms with Crippen LogP contribution in [0.5, 0.6) is 0 Å². The van der Waals surface area contributed by atoms with Crippen LogP contribution in [-0.4, -0.2) is 31.7 Å². The lowest BCUT2D eigenvalue weighted by molar-refractivity contribution is 0.0950. The molecule has 0 aliphatic rings. The van der Waals surface area contributed by atoms with Crippen molar-refractivity contribution in [3.8, 4) is 11.4 Å². The van der Waals surface area contributed by atoms with Gasteiger partial charge in [0.15, 0.2) is 5.69 Å². The van der Waals surface area contributed by atoms with E-state index in [0.29, 0.717) is 21.8 Å². The summed E-state index contributed by atoms with van der Waals surface area (Å²) in [4.78, 5) is 27.4. The molecule has 0 saturated carbocycles. The molecule has 0 unspecified atom stereocenters. The quantitative estimate of drug-likeness (QED) is 0.307. The van der Waals surface area contributed by atoms with Crippen LogP contribution in [0.4, 0.5) is 0 Å². The Labute approximate surface area is 196 Å². The molecule has 1 amide bonds. The van der Waals surface area contributed by atoms with Crippen molar-refractivity contribution >= 4 is 46.0 Å². The second-order valence-corrected chi connectivity index (χ2v) is 8.33. The number of carbonyl (C=O) groups is 1. The Kier molecular flexibility index (Phi) is 5.55. The Morgan fingerprint density at radius 3 is 2.48 bits per heavy atom. The molecule has 0 radical (unpaired) electrons. The minimum atomic E-state index is -0.562. The topological polar surface area (TPSA) is 94.2 Å². The fraction of sp³-hybridized carbons (Fsp3) is 0. The third kappa shape index (κ3) is 4.07. The van der Waals surface area contributed by atoms with Crippen LogP contribution in [-0.2, 0) is 0 Å². The van der Waals surface area contributed by atoms with Crippen LogP contribution in [0, 0.1) is 0 Å². The van der Waals surface area contributed by atoms with Crippen LogP contribution in [0.25, 0.3) is 22.3 Å². The first-order chi connectivity index (χ1) is 16.1. The minimum absolute atomic E-state index is 0.0250. The maximum atomic E-state index is 13.4. The van der Waals surface area contributed by atoms with E-state index in [0.717, 1.165) is 4.88 Å². The second-order valence-electron chi connectivity index (χ2n) is 6.91. The number of thiophene rings is 1. The summed E-state index contributed by atoms with van der Waals surface area (Å²) in [5.74, 6) is -0.562. The molecule has 2 aromatic carbocycles. The first kappa shape index (κ1) is 20.8. The number of benzene rings is 2.